The van der Waals surface area contributed by atoms with Crippen LogP contribution in [0.15, 0.2) is 48.5 Å². The molecule has 0 radical (unpaired) electrons. The van der Waals surface area contributed by atoms with Crippen LogP contribution in [0.2, 0.25) is 5.02 Å². The Labute approximate surface area is 165 Å². The van der Waals surface area contributed by atoms with Gasteiger partial charge in [0.05, 0.1) is 19.3 Å². The summed E-state index contributed by atoms with van der Waals surface area (Å²) in [5.74, 6) is 0.480. The highest BCUT2D eigenvalue weighted by atomic mass is 35.5. The average Bonchev–Trinajstić information content (AvgIpc) is 2.69. The Bertz CT molecular complexity index is 745. The lowest BCUT2D eigenvalue weighted by Gasteiger charge is -2.35. The maximum absolute atomic E-state index is 12.3. The molecule has 0 aromatic heterocycles. The first-order valence-electron chi connectivity index (χ1n) is 9.15. The second-order valence-electron chi connectivity index (χ2n) is 6.62. The van der Waals surface area contributed by atoms with Gasteiger partial charge in [-0.15, -0.1) is 0 Å². The van der Waals surface area contributed by atoms with Gasteiger partial charge >= 0.3 is 0 Å². The van der Waals surface area contributed by atoms with Crippen LogP contribution in [-0.4, -0.2) is 50.3 Å². The van der Waals surface area contributed by atoms with Crippen LogP contribution in [0.25, 0.3) is 0 Å². The molecule has 1 heterocycles. The van der Waals surface area contributed by atoms with Gasteiger partial charge in [-0.2, -0.15) is 0 Å². The lowest BCUT2D eigenvalue weighted by Crippen LogP contribution is -2.44. The monoisotopic (exact) mass is 388 g/mol. The minimum absolute atomic E-state index is 0.0225. The van der Waals surface area contributed by atoms with Crippen LogP contribution in [0.1, 0.15) is 17.2 Å². The molecule has 3 rings (SSSR count). The van der Waals surface area contributed by atoms with Crippen LogP contribution in [-0.2, 0) is 9.53 Å². The summed E-state index contributed by atoms with van der Waals surface area (Å²) < 4.78 is 11.0. The summed E-state index contributed by atoms with van der Waals surface area (Å²) in [5, 5.41) is 3.64. The van der Waals surface area contributed by atoms with E-state index in [0.717, 1.165) is 26.3 Å². The quantitative estimate of drug-likeness (QED) is 0.791. The molecule has 1 saturated heterocycles. The van der Waals surface area contributed by atoms with Gasteiger partial charge < -0.3 is 14.8 Å². The van der Waals surface area contributed by atoms with Crippen LogP contribution < -0.4 is 10.1 Å². The summed E-state index contributed by atoms with van der Waals surface area (Å²) in [6.45, 7) is 5.74. The molecule has 2 aromatic rings. The number of nitrogens with one attached hydrogen (secondary N) is 1. The van der Waals surface area contributed by atoms with Gasteiger partial charge in [0.1, 0.15) is 5.75 Å². The topological polar surface area (TPSA) is 50.8 Å². The zero-order valence-electron chi connectivity index (χ0n) is 15.5. The molecule has 1 N–H and O–H groups in total. The van der Waals surface area contributed by atoms with Gasteiger partial charge in [0.2, 0.25) is 0 Å². The van der Waals surface area contributed by atoms with E-state index >= 15 is 0 Å². The van der Waals surface area contributed by atoms with Crippen molar-refractivity contribution in [1.82, 2.24) is 10.2 Å². The van der Waals surface area contributed by atoms with E-state index in [-0.39, 0.29) is 18.6 Å². The number of carbonyl (C=O) groups is 1. The van der Waals surface area contributed by atoms with Crippen molar-refractivity contribution in [2.24, 2.45) is 0 Å². The van der Waals surface area contributed by atoms with E-state index in [1.807, 2.05) is 0 Å². The van der Waals surface area contributed by atoms with Crippen LogP contribution in [0.4, 0.5) is 0 Å². The zero-order valence-corrected chi connectivity index (χ0v) is 16.2. The SMILES string of the molecule is Cc1cccc(C(CNC(=O)COc2ccc(Cl)cc2)N2CCOCC2)c1. The Morgan fingerprint density at radius 1 is 1.22 bits per heavy atom. The summed E-state index contributed by atoms with van der Waals surface area (Å²) in [4.78, 5) is 14.6. The molecule has 5 nitrogen and oxygen atoms in total. The highest BCUT2D eigenvalue weighted by Crippen LogP contribution is 2.22. The summed E-state index contributed by atoms with van der Waals surface area (Å²) in [6, 6.07) is 15.5. The maximum Gasteiger partial charge on any atom is 0.258 e. The van der Waals surface area contributed by atoms with Crippen molar-refractivity contribution in [3.05, 3.63) is 64.7 Å². The van der Waals surface area contributed by atoms with E-state index in [2.05, 4.69) is 41.4 Å². The van der Waals surface area contributed by atoms with Gasteiger partial charge in [-0.05, 0) is 36.8 Å². The molecule has 1 atom stereocenters. The first-order valence-corrected chi connectivity index (χ1v) is 9.53. The predicted molar refractivity (Wildman–Crippen MR) is 106 cm³/mol. The number of nitrogens with zero attached hydrogens (tertiary/aromatic N) is 1. The fraction of sp³-hybridized carbons (Fsp3) is 0.381. The van der Waals surface area contributed by atoms with Crippen molar-refractivity contribution < 1.29 is 14.3 Å². The van der Waals surface area contributed by atoms with E-state index in [9.17, 15) is 4.79 Å². The smallest absolute Gasteiger partial charge is 0.258 e. The zero-order chi connectivity index (χ0) is 19.1. The number of aryl methyl sites for hydroxylation is 1. The fourth-order valence-corrected chi connectivity index (χ4v) is 3.29. The molecule has 6 heteroatoms. The number of hydrogen-bond acceptors (Lipinski definition) is 4. The third kappa shape index (κ3) is 5.96. The third-order valence-corrected chi connectivity index (χ3v) is 4.84. The van der Waals surface area contributed by atoms with Gasteiger partial charge in [-0.3, -0.25) is 9.69 Å². The Morgan fingerprint density at radius 3 is 2.67 bits per heavy atom. The van der Waals surface area contributed by atoms with Crippen molar-refractivity contribution in [2.45, 2.75) is 13.0 Å². The summed E-state index contributed by atoms with van der Waals surface area (Å²) in [7, 11) is 0. The number of ether oxygens (including phenoxy) is 2. The summed E-state index contributed by atoms with van der Waals surface area (Å²) in [5.41, 5.74) is 2.42. The van der Waals surface area contributed by atoms with Gasteiger partial charge in [0.15, 0.2) is 6.61 Å². The number of morpholine rings is 1. The Hall–Kier alpha value is -2.08. The van der Waals surface area contributed by atoms with Crippen molar-refractivity contribution in [3.8, 4) is 5.75 Å². The first kappa shape index (κ1) is 19.7. The van der Waals surface area contributed by atoms with Crippen LogP contribution in [0, 0.1) is 6.92 Å². The number of benzene rings is 2. The van der Waals surface area contributed by atoms with Crippen molar-refractivity contribution >= 4 is 17.5 Å². The Morgan fingerprint density at radius 2 is 1.96 bits per heavy atom. The standard InChI is InChI=1S/C21H25ClN2O3/c1-16-3-2-4-17(13-16)20(24-9-11-26-12-10-24)14-23-21(25)15-27-19-7-5-18(22)6-8-19/h2-8,13,20H,9-12,14-15H2,1H3,(H,23,25). The number of amides is 1. The molecule has 0 saturated carbocycles. The lowest BCUT2D eigenvalue weighted by atomic mass is 10.0. The van der Waals surface area contributed by atoms with Crippen LogP contribution in [0.5, 0.6) is 5.75 Å². The van der Waals surface area contributed by atoms with Crippen molar-refractivity contribution in [2.75, 3.05) is 39.5 Å². The minimum Gasteiger partial charge on any atom is -0.484 e. The average molecular weight is 389 g/mol. The number of carbonyl (C=O) groups excluding carboxylic acids is 1. The molecule has 2 aromatic carbocycles. The largest absolute Gasteiger partial charge is 0.484 e. The second-order valence-corrected chi connectivity index (χ2v) is 7.06. The molecule has 0 bridgehead atoms. The summed E-state index contributed by atoms with van der Waals surface area (Å²) in [6.07, 6.45) is 0. The molecule has 1 aliphatic rings. The predicted octanol–water partition coefficient (Wildman–Crippen LogP) is 3.22. The number of rotatable bonds is 7. The lowest BCUT2D eigenvalue weighted by molar-refractivity contribution is -0.123. The van der Waals surface area contributed by atoms with E-state index < -0.39 is 0 Å². The molecule has 144 valence electrons. The molecular formula is C21H25ClN2O3. The van der Waals surface area contributed by atoms with Crippen LogP contribution >= 0.6 is 11.6 Å². The van der Waals surface area contributed by atoms with Gasteiger partial charge in [0.25, 0.3) is 5.91 Å². The van der Waals surface area contributed by atoms with E-state index in [0.29, 0.717) is 17.3 Å². The normalized spacial score (nSPS) is 15.9. The Kier molecular flexibility index (Phi) is 7.10. The second kappa shape index (κ2) is 9.74. The minimum atomic E-state index is -0.143. The molecule has 0 spiro atoms. The number of halogens is 1. The molecule has 0 aliphatic carbocycles. The van der Waals surface area contributed by atoms with Gasteiger partial charge in [-0.1, -0.05) is 41.4 Å². The highest BCUT2D eigenvalue weighted by molar-refractivity contribution is 6.30. The Balaban J connectivity index is 1.58. The molecule has 27 heavy (non-hydrogen) atoms. The van der Waals surface area contributed by atoms with E-state index in [1.54, 1.807) is 24.3 Å². The molecule has 1 aliphatic heterocycles. The van der Waals surface area contributed by atoms with E-state index in [4.69, 9.17) is 21.1 Å². The molecular weight excluding hydrogens is 364 g/mol. The third-order valence-electron chi connectivity index (χ3n) is 4.59. The van der Waals surface area contributed by atoms with Gasteiger partial charge in [-0.25, -0.2) is 0 Å². The maximum atomic E-state index is 12.3. The van der Waals surface area contributed by atoms with Crippen molar-refractivity contribution in [3.63, 3.8) is 0 Å². The number of hydrogen-bond donors (Lipinski definition) is 1. The fourth-order valence-electron chi connectivity index (χ4n) is 3.17. The van der Waals surface area contributed by atoms with E-state index in [1.165, 1.54) is 11.1 Å². The van der Waals surface area contributed by atoms with Gasteiger partial charge in [0, 0.05) is 24.7 Å². The first-order chi connectivity index (χ1) is 13.1. The molecule has 1 amide bonds. The highest BCUT2D eigenvalue weighted by Gasteiger charge is 2.23. The van der Waals surface area contributed by atoms with Crippen LogP contribution in [0.3, 0.4) is 0 Å². The molecule has 1 fully saturated rings. The molecule has 1 unspecified atom stereocenters. The van der Waals surface area contributed by atoms with Crippen molar-refractivity contribution in [1.29, 1.82) is 0 Å². The summed E-state index contributed by atoms with van der Waals surface area (Å²) >= 11 is 5.85.